The van der Waals surface area contributed by atoms with Crippen LogP contribution in [0.3, 0.4) is 0 Å². The lowest BCUT2D eigenvalue weighted by molar-refractivity contribution is -0.115. The van der Waals surface area contributed by atoms with Crippen LogP contribution in [-0.4, -0.2) is 16.1 Å². The molecule has 4 rings (SSSR count). The van der Waals surface area contributed by atoms with Gasteiger partial charge in [0, 0.05) is 29.4 Å². The predicted octanol–water partition coefficient (Wildman–Crippen LogP) is 4.50. The van der Waals surface area contributed by atoms with E-state index in [4.69, 9.17) is 4.42 Å². The molecule has 138 valence electrons. The first kappa shape index (κ1) is 18.1. The smallest absolute Gasteiger partial charge is 0.290 e. The number of pyridine rings is 1. The van der Waals surface area contributed by atoms with E-state index in [9.17, 15) is 9.59 Å². The van der Waals surface area contributed by atoms with E-state index < -0.39 is 5.91 Å². The van der Waals surface area contributed by atoms with Gasteiger partial charge in [0.1, 0.15) is 5.76 Å². The fraction of sp³-hybridized carbons (Fsp3) is 0.136. The van der Waals surface area contributed by atoms with Gasteiger partial charge in [0.2, 0.25) is 0 Å². The molecule has 1 fully saturated rings. The molecule has 0 atom stereocenters. The SMILES string of the molecule is CCCc1ccc(C#Cc2cncc3cc(/C=C4\SC(=O)NC4=O)oc23)cc1. The minimum absolute atomic E-state index is 0.303. The highest BCUT2D eigenvalue weighted by atomic mass is 32.2. The molecule has 3 heterocycles. The zero-order chi connectivity index (χ0) is 19.5. The second-order valence-corrected chi connectivity index (χ2v) is 7.32. The Morgan fingerprint density at radius 3 is 2.71 bits per heavy atom. The summed E-state index contributed by atoms with van der Waals surface area (Å²) in [6.07, 6.45) is 7.06. The Kier molecular flexibility index (Phi) is 5.00. The van der Waals surface area contributed by atoms with Crippen LogP contribution in [0.5, 0.6) is 0 Å². The third-order valence-corrected chi connectivity index (χ3v) is 5.00. The fourth-order valence-electron chi connectivity index (χ4n) is 2.88. The lowest BCUT2D eigenvalue weighted by atomic mass is 10.1. The van der Waals surface area contributed by atoms with Gasteiger partial charge in [-0.25, -0.2) is 0 Å². The summed E-state index contributed by atoms with van der Waals surface area (Å²) >= 11 is 0.853. The lowest BCUT2D eigenvalue weighted by Crippen LogP contribution is -2.17. The minimum atomic E-state index is -0.417. The molecule has 0 radical (unpaired) electrons. The Labute approximate surface area is 166 Å². The lowest BCUT2D eigenvalue weighted by Gasteiger charge is -1.97. The number of aromatic nitrogens is 1. The van der Waals surface area contributed by atoms with E-state index in [1.807, 2.05) is 12.1 Å². The molecule has 5 nitrogen and oxygen atoms in total. The third kappa shape index (κ3) is 3.85. The Morgan fingerprint density at radius 1 is 1.18 bits per heavy atom. The number of nitrogens with one attached hydrogen (secondary N) is 1. The van der Waals surface area contributed by atoms with E-state index in [1.165, 1.54) is 5.56 Å². The van der Waals surface area contributed by atoms with E-state index in [0.29, 0.717) is 21.8 Å². The van der Waals surface area contributed by atoms with Crippen molar-refractivity contribution in [3.8, 4) is 11.8 Å². The van der Waals surface area contributed by atoms with Crippen molar-refractivity contribution in [1.29, 1.82) is 0 Å². The van der Waals surface area contributed by atoms with Crippen LogP contribution < -0.4 is 5.32 Å². The summed E-state index contributed by atoms with van der Waals surface area (Å²) in [5.41, 5.74) is 3.49. The molecule has 0 aliphatic carbocycles. The Morgan fingerprint density at radius 2 is 2.00 bits per heavy atom. The van der Waals surface area contributed by atoms with Crippen LogP contribution in [0.2, 0.25) is 0 Å². The normalized spacial score (nSPS) is 15.0. The molecule has 1 aliphatic rings. The van der Waals surface area contributed by atoms with E-state index in [2.05, 4.69) is 41.2 Å². The monoisotopic (exact) mass is 388 g/mol. The summed E-state index contributed by atoms with van der Waals surface area (Å²) < 4.78 is 5.86. The van der Waals surface area contributed by atoms with E-state index in [0.717, 1.165) is 35.6 Å². The van der Waals surface area contributed by atoms with Gasteiger partial charge in [-0.3, -0.25) is 19.9 Å². The zero-order valence-corrected chi connectivity index (χ0v) is 15.9. The Bertz CT molecular complexity index is 1160. The molecule has 0 spiro atoms. The molecule has 2 aromatic heterocycles. The van der Waals surface area contributed by atoms with Gasteiger partial charge in [0.25, 0.3) is 11.1 Å². The highest BCUT2D eigenvalue weighted by Gasteiger charge is 2.25. The number of fused-ring (bicyclic) bond motifs is 1. The molecule has 1 saturated heterocycles. The number of imide groups is 1. The van der Waals surface area contributed by atoms with E-state index in [1.54, 1.807) is 24.5 Å². The van der Waals surface area contributed by atoms with Gasteiger partial charge in [0.15, 0.2) is 5.58 Å². The quantitative estimate of drug-likeness (QED) is 0.528. The number of carbonyl (C=O) groups is 2. The average Bonchev–Trinajstić information content (AvgIpc) is 3.24. The highest BCUT2D eigenvalue weighted by Crippen LogP contribution is 2.28. The van der Waals surface area contributed by atoms with Crippen molar-refractivity contribution in [2.24, 2.45) is 0 Å². The molecular weight excluding hydrogens is 372 g/mol. The van der Waals surface area contributed by atoms with Crippen LogP contribution in [-0.2, 0) is 11.2 Å². The van der Waals surface area contributed by atoms with Gasteiger partial charge in [-0.2, -0.15) is 0 Å². The Balaban J connectivity index is 1.64. The highest BCUT2D eigenvalue weighted by molar-refractivity contribution is 8.18. The van der Waals surface area contributed by atoms with Crippen LogP contribution in [0.1, 0.15) is 35.8 Å². The van der Waals surface area contributed by atoms with Gasteiger partial charge in [-0.05, 0) is 41.9 Å². The molecular formula is C22H16N2O3S. The summed E-state index contributed by atoms with van der Waals surface area (Å²) in [5.74, 6) is 6.31. The second kappa shape index (κ2) is 7.75. The molecule has 1 aromatic carbocycles. The molecule has 28 heavy (non-hydrogen) atoms. The van der Waals surface area contributed by atoms with Gasteiger partial charge in [0.05, 0.1) is 10.5 Å². The first-order chi connectivity index (χ1) is 13.6. The largest absolute Gasteiger partial charge is 0.455 e. The number of nitrogens with zero attached hydrogens (tertiary/aromatic N) is 1. The number of carbonyl (C=O) groups excluding carboxylic acids is 2. The second-order valence-electron chi connectivity index (χ2n) is 6.30. The molecule has 0 saturated carbocycles. The summed E-state index contributed by atoms with van der Waals surface area (Å²) in [6, 6.07) is 9.98. The fourth-order valence-corrected chi connectivity index (χ4v) is 3.54. The molecule has 3 aromatic rings. The summed E-state index contributed by atoms with van der Waals surface area (Å²) in [4.78, 5) is 27.5. The number of hydrogen-bond acceptors (Lipinski definition) is 5. The molecule has 1 aliphatic heterocycles. The van der Waals surface area contributed by atoms with Crippen LogP contribution in [0.4, 0.5) is 4.79 Å². The third-order valence-electron chi connectivity index (χ3n) is 4.19. The number of thioether (sulfide) groups is 1. The number of hydrogen-bond donors (Lipinski definition) is 1. The maximum absolute atomic E-state index is 11.7. The average molecular weight is 388 g/mol. The molecule has 6 heteroatoms. The van der Waals surface area contributed by atoms with Crippen molar-refractivity contribution < 1.29 is 14.0 Å². The van der Waals surface area contributed by atoms with Crippen LogP contribution >= 0.6 is 11.8 Å². The molecule has 0 bridgehead atoms. The van der Waals surface area contributed by atoms with Crippen molar-refractivity contribution in [3.05, 3.63) is 70.1 Å². The predicted molar refractivity (Wildman–Crippen MR) is 110 cm³/mol. The minimum Gasteiger partial charge on any atom is -0.455 e. The molecule has 0 unspecified atom stereocenters. The van der Waals surface area contributed by atoms with Crippen molar-refractivity contribution in [2.75, 3.05) is 0 Å². The van der Waals surface area contributed by atoms with Crippen molar-refractivity contribution >= 4 is 40.0 Å². The van der Waals surface area contributed by atoms with E-state index in [-0.39, 0.29) is 5.24 Å². The Hall–Kier alpha value is -3.30. The molecule has 1 N–H and O–H groups in total. The number of benzene rings is 1. The maximum atomic E-state index is 11.7. The van der Waals surface area contributed by atoms with Gasteiger partial charge >= 0.3 is 0 Å². The van der Waals surface area contributed by atoms with E-state index >= 15 is 0 Å². The van der Waals surface area contributed by atoms with Crippen LogP contribution in [0.15, 0.2) is 52.0 Å². The zero-order valence-electron chi connectivity index (χ0n) is 15.1. The summed E-state index contributed by atoms with van der Waals surface area (Å²) in [6.45, 7) is 2.16. The number of furan rings is 1. The maximum Gasteiger partial charge on any atom is 0.290 e. The first-order valence-corrected chi connectivity index (χ1v) is 9.67. The number of amides is 2. The van der Waals surface area contributed by atoms with Crippen molar-refractivity contribution in [3.63, 3.8) is 0 Å². The first-order valence-electron chi connectivity index (χ1n) is 8.86. The van der Waals surface area contributed by atoms with Crippen molar-refractivity contribution in [1.82, 2.24) is 10.3 Å². The van der Waals surface area contributed by atoms with Gasteiger partial charge in [-0.1, -0.05) is 37.3 Å². The van der Waals surface area contributed by atoms with Crippen LogP contribution in [0.25, 0.3) is 17.0 Å². The summed E-state index contributed by atoms with van der Waals surface area (Å²) in [7, 11) is 0. The topological polar surface area (TPSA) is 72.2 Å². The van der Waals surface area contributed by atoms with Gasteiger partial charge in [-0.15, -0.1) is 0 Å². The van der Waals surface area contributed by atoms with Gasteiger partial charge < -0.3 is 4.42 Å². The van der Waals surface area contributed by atoms with Crippen molar-refractivity contribution in [2.45, 2.75) is 19.8 Å². The summed E-state index contributed by atoms with van der Waals surface area (Å²) in [5, 5.41) is 2.62. The standard InChI is InChI=1S/C22H16N2O3S/c1-2-3-14-4-6-15(7-5-14)8-9-16-12-23-13-17-10-18(27-20(16)17)11-19-21(25)24-22(26)28-19/h4-7,10-13H,2-3H2,1H3,(H,24,25,26)/b19-11-. The molecule has 2 amide bonds. The number of rotatable bonds is 3. The van der Waals surface area contributed by atoms with Crippen LogP contribution in [0, 0.1) is 11.8 Å². The number of aryl methyl sites for hydroxylation is 1.